The molecule has 0 saturated carbocycles. The van der Waals surface area contributed by atoms with Crippen LogP contribution < -0.4 is 0 Å². The minimum atomic E-state index is -3.54. The molecule has 2 aromatic carbocycles. The number of fused-ring (bicyclic) bond motifs is 2. The molecule has 6 nitrogen and oxygen atoms in total. The smallest absolute Gasteiger partial charge is 0.242 e. The molecule has 106 valence electrons. The van der Waals surface area contributed by atoms with Gasteiger partial charge in [0.2, 0.25) is 9.84 Å². The predicted molar refractivity (Wildman–Crippen MR) is 69.2 cm³/mol. The van der Waals surface area contributed by atoms with Crippen LogP contribution in [0.1, 0.15) is 20.7 Å². The van der Waals surface area contributed by atoms with Gasteiger partial charge in [-0.15, -0.1) is 0 Å². The van der Waals surface area contributed by atoms with Crippen molar-refractivity contribution >= 4 is 21.8 Å². The highest BCUT2D eigenvalue weighted by Gasteiger charge is 2.35. The second-order valence-electron chi connectivity index (χ2n) is 4.27. The number of sulfone groups is 1. The molecule has 0 amide bonds. The molecule has 0 saturated heterocycles. The van der Waals surface area contributed by atoms with E-state index < -0.39 is 21.8 Å². The van der Waals surface area contributed by atoms with Gasteiger partial charge in [-0.25, -0.2) is 27.8 Å². The summed E-state index contributed by atoms with van der Waals surface area (Å²) in [6.45, 7) is 0. The summed E-state index contributed by atoms with van der Waals surface area (Å²) in [5.74, 6) is -1.88. The first-order valence-corrected chi connectivity index (χ1v) is 7.36. The summed E-state index contributed by atoms with van der Waals surface area (Å²) in [4.78, 5) is 32.2. The van der Waals surface area contributed by atoms with E-state index in [9.17, 15) is 18.0 Å². The standard InChI is InChI=1S/C14H8O6S/c15-13(9-4-2-1-3-5-9)19-20-14(16)11-7-6-10-8-12(11)21(10,17)18/h1-8H. The number of hydrogen-bond donors (Lipinski definition) is 0. The minimum Gasteiger partial charge on any atom is -0.242 e. The van der Waals surface area contributed by atoms with Crippen LogP contribution >= 0.6 is 0 Å². The molecular weight excluding hydrogens is 296 g/mol. The first kappa shape index (κ1) is 13.3. The summed E-state index contributed by atoms with van der Waals surface area (Å²) >= 11 is 0. The SMILES string of the molecule is O=C(OOC(=O)c1ccc2cc1S2(=O)=O)c1ccccc1. The van der Waals surface area contributed by atoms with Crippen LogP contribution in [-0.4, -0.2) is 20.4 Å². The molecule has 2 aliphatic rings. The summed E-state index contributed by atoms with van der Waals surface area (Å²) in [6.07, 6.45) is 0. The maximum Gasteiger partial charge on any atom is 0.387 e. The summed E-state index contributed by atoms with van der Waals surface area (Å²) in [5, 5.41) is 0. The Labute approximate surface area is 119 Å². The average Bonchev–Trinajstić information content (AvgIpc) is 2.52. The lowest BCUT2D eigenvalue weighted by Crippen LogP contribution is -2.20. The summed E-state index contributed by atoms with van der Waals surface area (Å²) in [6, 6.07) is 11.9. The second-order valence-corrected chi connectivity index (χ2v) is 6.19. The normalized spacial score (nSPS) is 13.9. The summed E-state index contributed by atoms with van der Waals surface area (Å²) in [5.41, 5.74) is 0.0476. The highest BCUT2D eigenvalue weighted by molar-refractivity contribution is 7.92. The third kappa shape index (κ3) is 2.17. The van der Waals surface area contributed by atoms with Gasteiger partial charge >= 0.3 is 11.9 Å². The van der Waals surface area contributed by atoms with E-state index in [4.69, 9.17) is 0 Å². The van der Waals surface area contributed by atoms with E-state index in [1.54, 1.807) is 18.2 Å². The molecule has 0 aliphatic carbocycles. The van der Waals surface area contributed by atoms with E-state index in [-0.39, 0.29) is 20.9 Å². The first-order valence-electron chi connectivity index (χ1n) is 5.87. The Balaban J connectivity index is 1.71. The van der Waals surface area contributed by atoms with E-state index in [1.807, 2.05) is 0 Å². The Hall–Kier alpha value is -2.67. The minimum absolute atomic E-state index is 0.124. The summed E-state index contributed by atoms with van der Waals surface area (Å²) < 4.78 is 23.2. The van der Waals surface area contributed by atoms with Gasteiger partial charge in [-0.2, -0.15) is 0 Å². The fraction of sp³-hybridized carbons (Fsp3) is 0. The fourth-order valence-electron chi connectivity index (χ4n) is 1.87. The van der Waals surface area contributed by atoms with Crippen molar-refractivity contribution in [3.05, 3.63) is 59.7 Å². The van der Waals surface area contributed by atoms with Gasteiger partial charge in [-0.1, -0.05) is 18.2 Å². The molecule has 2 aliphatic heterocycles. The Morgan fingerprint density at radius 2 is 1.52 bits per heavy atom. The third-order valence-electron chi connectivity index (χ3n) is 2.98. The number of benzene rings is 2. The van der Waals surface area contributed by atoms with Gasteiger partial charge in [0.25, 0.3) is 0 Å². The highest BCUT2D eigenvalue weighted by Crippen LogP contribution is 2.35. The molecule has 4 rings (SSSR count). The van der Waals surface area contributed by atoms with Crippen molar-refractivity contribution in [2.75, 3.05) is 0 Å². The van der Waals surface area contributed by atoms with Crippen molar-refractivity contribution in [3.8, 4) is 0 Å². The molecule has 0 unspecified atom stereocenters. The average molecular weight is 304 g/mol. The van der Waals surface area contributed by atoms with Crippen molar-refractivity contribution in [1.29, 1.82) is 0 Å². The number of hydrogen-bond acceptors (Lipinski definition) is 6. The Morgan fingerprint density at radius 3 is 2.14 bits per heavy atom. The molecule has 0 fully saturated rings. The number of carbonyl (C=O) groups excluding carboxylic acids is 2. The predicted octanol–water partition coefficient (Wildman–Crippen LogP) is 1.76. The molecular formula is C14H8O6S. The van der Waals surface area contributed by atoms with Gasteiger partial charge in [-0.05, 0) is 30.3 Å². The molecule has 0 atom stereocenters. The van der Waals surface area contributed by atoms with E-state index in [2.05, 4.69) is 9.78 Å². The van der Waals surface area contributed by atoms with Crippen LogP contribution in [-0.2, 0) is 19.6 Å². The Bertz CT molecular complexity index is 835. The van der Waals surface area contributed by atoms with E-state index in [0.29, 0.717) is 0 Å². The van der Waals surface area contributed by atoms with Crippen molar-refractivity contribution in [3.63, 3.8) is 0 Å². The van der Waals surface area contributed by atoms with Gasteiger partial charge in [0, 0.05) is 0 Å². The van der Waals surface area contributed by atoms with Gasteiger partial charge in [0.05, 0.1) is 20.9 Å². The number of carbonyl (C=O) groups is 2. The molecule has 0 aromatic heterocycles. The van der Waals surface area contributed by atoms with E-state index in [1.165, 1.54) is 30.3 Å². The largest absolute Gasteiger partial charge is 0.387 e. The highest BCUT2D eigenvalue weighted by atomic mass is 32.2. The van der Waals surface area contributed by atoms with Gasteiger partial charge < -0.3 is 0 Å². The van der Waals surface area contributed by atoms with Crippen molar-refractivity contribution in [2.45, 2.75) is 9.79 Å². The zero-order chi connectivity index (χ0) is 15.0. The molecule has 2 heterocycles. The lowest BCUT2D eigenvalue weighted by Gasteiger charge is -2.17. The van der Waals surface area contributed by atoms with Crippen LogP contribution in [0.2, 0.25) is 0 Å². The molecule has 0 N–H and O–H groups in total. The fourth-order valence-corrected chi connectivity index (χ4v) is 3.18. The monoisotopic (exact) mass is 304 g/mol. The van der Waals surface area contributed by atoms with Crippen molar-refractivity contribution in [1.82, 2.24) is 0 Å². The first-order chi connectivity index (χ1) is 10.00. The molecule has 21 heavy (non-hydrogen) atoms. The topological polar surface area (TPSA) is 86.7 Å². The van der Waals surface area contributed by atoms with Gasteiger partial charge in [0.1, 0.15) is 0 Å². The molecule has 0 spiro atoms. The molecule has 0 radical (unpaired) electrons. The lowest BCUT2D eigenvalue weighted by molar-refractivity contribution is -0.187. The van der Waals surface area contributed by atoms with Crippen LogP contribution in [0.25, 0.3) is 0 Å². The van der Waals surface area contributed by atoms with Crippen molar-refractivity contribution in [2.24, 2.45) is 0 Å². The van der Waals surface area contributed by atoms with Crippen molar-refractivity contribution < 1.29 is 27.8 Å². The van der Waals surface area contributed by atoms with Crippen LogP contribution in [0.15, 0.2) is 58.3 Å². The maximum atomic E-state index is 11.8. The van der Waals surface area contributed by atoms with E-state index >= 15 is 0 Å². The van der Waals surface area contributed by atoms with Crippen LogP contribution in [0, 0.1) is 0 Å². The quantitative estimate of drug-likeness (QED) is 0.529. The Morgan fingerprint density at radius 1 is 0.857 bits per heavy atom. The molecule has 2 bridgehead atoms. The lowest BCUT2D eigenvalue weighted by atomic mass is 10.2. The second kappa shape index (κ2) is 4.71. The van der Waals surface area contributed by atoms with Gasteiger partial charge in [-0.3, -0.25) is 0 Å². The maximum absolute atomic E-state index is 11.8. The molecule has 7 heteroatoms. The van der Waals surface area contributed by atoms with Crippen LogP contribution in [0.4, 0.5) is 0 Å². The van der Waals surface area contributed by atoms with Crippen LogP contribution in [0.3, 0.4) is 0 Å². The summed E-state index contributed by atoms with van der Waals surface area (Å²) in [7, 11) is -3.54. The third-order valence-corrected chi connectivity index (χ3v) is 4.77. The zero-order valence-corrected chi connectivity index (χ0v) is 11.3. The van der Waals surface area contributed by atoms with Gasteiger partial charge in [0.15, 0.2) is 0 Å². The Kier molecular flexibility index (Phi) is 2.99. The molecule has 2 aromatic rings. The zero-order valence-electron chi connectivity index (χ0n) is 10.5. The van der Waals surface area contributed by atoms with Crippen LogP contribution in [0.5, 0.6) is 0 Å². The number of rotatable bonds is 2. The van der Waals surface area contributed by atoms with E-state index in [0.717, 1.165) is 0 Å².